The Balaban J connectivity index is 1.71. The molecule has 0 saturated carbocycles. The first-order chi connectivity index (χ1) is 21.7. The van der Waals surface area contributed by atoms with Gasteiger partial charge in [-0.05, 0) is 24.3 Å². The van der Waals surface area contributed by atoms with Gasteiger partial charge in [0.2, 0.25) is 21.8 Å². The molecule has 0 bridgehead atoms. The smallest absolute Gasteiger partial charge is 0.257 e. The molecular formula is C30H34ClN7O7S. The number of aromatic hydroxyl groups is 1. The van der Waals surface area contributed by atoms with Crippen molar-refractivity contribution in [1.29, 1.82) is 0 Å². The van der Waals surface area contributed by atoms with Gasteiger partial charge in [-0.2, -0.15) is 9.04 Å². The number of sulfonamides is 1. The Kier molecular flexibility index (Phi) is 10.6. The van der Waals surface area contributed by atoms with Gasteiger partial charge in [0.1, 0.15) is 5.75 Å². The third kappa shape index (κ3) is 8.16. The monoisotopic (exact) mass is 671 g/mol. The van der Waals surface area contributed by atoms with Crippen molar-refractivity contribution < 1.29 is 32.6 Å². The first-order valence-corrected chi connectivity index (χ1v) is 16.0. The van der Waals surface area contributed by atoms with Crippen LogP contribution in [-0.2, 0) is 19.6 Å². The van der Waals surface area contributed by atoms with Crippen LogP contribution in [0.2, 0.25) is 5.02 Å². The van der Waals surface area contributed by atoms with Crippen LogP contribution < -0.4 is 4.73 Å². The predicted molar refractivity (Wildman–Crippen MR) is 169 cm³/mol. The Hall–Kier alpha value is -4.60. The summed E-state index contributed by atoms with van der Waals surface area (Å²) >= 11 is 5.89. The number of hydrogen-bond acceptors (Lipinski definition) is 9. The third-order valence-electron chi connectivity index (χ3n) is 7.40. The van der Waals surface area contributed by atoms with Crippen molar-refractivity contribution in [3.8, 4) is 17.1 Å². The second-order valence-corrected chi connectivity index (χ2v) is 13.4. The number of carbonyl (C=O) groups excluding carboxylic acids is 3. The van der Waals surface area contributed by atoms with E-state index in [-0.39, 0.29) is 65.5 Å². The molecule has 1 N–H and O–H groups in total. The quantitative estimate of drug-likeness (QED) is 0.262. The number of phenolic OH excluding ortho intramolecular Hbond substituents is 1. The lowest BCUT2D eigenvalue weighted by atomic mass is 10.00. The van der Waals surface area contributed by atoms with Crippen molar-refractivity contribution in [3.63, 3.8) is 0 Å². The van der Waals surface area contributed by atoms with Gasteiger partial charge in [0.15, 0.2) is 18.2 Å². The van der Waals surface area contributed by atoms with E-state index < -0.39 is 28.0 Å². The molecule has 46 heavy (non-hydrogen) atoms. The molecule has 14 nitrogen and oxygen atoms in total. The maximum Gasteiger partial charge on any atom is 0.257 e. The molecule has 2 aromatic heterocycles. The Morgan fingerprint density at radius 1 is 1.00 bits per heavy atom. The fraction of sp³-hybridized carbons (Fsp3) is 0.333. The van der Waals surface area contributed by atoms with Crippen molar-refractivity contribution in [2.24, 2.45) is 0 Å². The van der Waals surface area contributed by atoms with Gasteiger partial charge in [0.25, 0.3) is 5.91 Å². The first kappa shape index (κ1) is 34.3. The number of aromatic nitrogens is 3. The van der Waals surface area contributed by atoms with Crippen LogP contribution in [0.1, 0.15) is 28.8 Å². The van der Waals surface area contributed by atoms with Gasteiger partial charge in [-0.1, -0.05) is 11.6 Å². The highest BCUT2D eigenvalue weighted by molar-refractivity contribution is 7.92. The van der Waals surface area contributed by atoms with E-state index in [0.717, 1.165) is 9.71 Å². The zero-order chi connectivity index (χ0) is 33.8. The van der Waals surface area contributed by atoms with Crippen LogP contribution in [-0.4, -0.2) is 114 Å². The van der Waals surface area contributed by atoms with E-state index in [0.29, 0.717) is 10.3 Å². The van der Waals surface area contributed by atoms with Crippen LogP contribution in [0, 0.1) is 5.21 Å². The number of rotatable bonds is 9. The summed E-state index contributed by atoms with van der Waals surface area (Å²) in [5, 5.41) is 22.8. The molecular weight excluding hydrogens is 638 g/mol. The Morgan fingerprint density at radius 2 is 1.54 bits per heavy atom. The average molecular weight is 672 g/mol. The summed E-state index contributed by atoms with van der Waals surface area (Å²) < 4.78 is 28.9. The largest absolute Gasteiger partial charge is 0.619 e. The van der Waals surface area contributed by atoms with E-state index in [9.17, 15) is 33.1 Å². The number of halogens is 1. The summed E-state index contributed by atoms with van der Waals surface area (Å²) in [4.78, 5) is 52.6. The maximum atomic E-state index is 14.1. The highest BCUT2D eigenvalue weighted by Crippen LogP contribution is 2.28. The van der Waals surface area contributed by atoms with E-state index in [1.165, 1.54) is 75.9 Å². The molecule has 0 radical (unpaired) electrons. The molecule has 1 saturated heterocycles. The Bertz CT molecular complexity index is 1700. The van der Waals surface area contributed by atoms with E-state index in [1.54, 1.807) is 28.2 Å². The number of amides is 3. The first-order valence-electron chi connectivity index (χ1n) is 14.1. The van der Waals surface area contributed by atoms with Crippen LogP contribution in [0.15, 0.2) is 60.5 Å². The van der Waals surface area contributed by atoms with Crippen LogP contribution in [0.5, 0.6) is 5.75 Å². The predicted octanol–water partition coefficient (Wildman–Crippen LogP) is 1.59. The van der Waals surface area contributed by atoms with E-state index in [1.807, 2.05) is 0 Å². The number of benzene rings is 1. The van der Waals surface area contributed by atoms with E-state index in [4.69, 9.17) is 11.6 Å². The third-order valence-corrected chi connectivity index (χ3v) is 9.13. The second-order valence-electron chi connectivity index (χ2n) is 11.1. The lowest BCUT2D eigenvalue weighted by molar-refractivity contribution is -0.605. The zero-order valence-corrected chi connectivity index (χ0v) is 27.2. The van der Waals surface area contributed by atoms with Gasteiger partial charge in [0.05, 0.1) is 17.6 Å². The molecule has 244 valence electrons. The fourth-order valence-corrected chi connectivity index (χ4v) is 6.27. The highest BCUT2D eigenvalue weighted by atomic mass is 35.5. The molecule has 3 heterocycles. The van der Waals surface area contributed by atoms with E-state index in [2.05, 4.69) is 9.97 Å². The molecule has 1 aliphatic heterocycles. The molecule has 3 aromatic rings. The van der Waals surface area contributed by atoms with Crippen molar-refractivity contribution in [3.05, 3.63) is 81.9 Å². The lowest BCUT2D eigenvalue weighted by Gasteiger charge is -2.46. The second kappa shape index (κ2) is 14.2. The molecule has 0 aliphatic carbocycles. The van der Waals surface area contributed by atoms with Gasteiger partial charge >= 0.3 is 0 Å². The number of piperazine rings is 1. The number of nitrogens with zero attached hydrogens (tertiary/aromatic N) is 7. The fourth-order valence-electron chi connectivity index (χ4n) is 4.85. The summed E-state index contributed by atoms with van der Waals surface area (Å²) in [5.74, 6) is -1.23. The molecule has 0 spiro atoms. The number of carbonyl (C=O) groups is 3. The standard InChI is InChI=1S/C30H34ClN7O7S/c1-34(2)27(40)14-24-18-37(46(44,45)12-9-20-5-6-23(31)13-26(20)39)19-25(15-28(41)35(3)4)38(24)30(42)22-16-32-29(33-17-22)21-7-10-36(43)11-8-21/h5-13,16-17,24-25,39H,14-15,18-19H2,1-4H3/b12-9+. The van der Waals surface area contributed by atoms with Crippen molar-refractivity contribution in [2.75, 3.05) is 41.3 Å². The van der Waals surface area contributed by atoms with Crippen LogP contribution >= 0.6 is 11.6 Å². The van der Waals surface area contributed by atoms with Crippen molar-refractivity contribution >= 4 is 45.4 Å². The summed E-state index contributed by atoms with van der Waals surface area (Å²) in [7, 11) is 2.02. The molecule has 1 aliphatic rings. The average Bonchev–Trinajstić information content (AvgIpc) is 3.00. The molecule has 1 fully saturated rings. The van der Waals surface area contributed by atoms with Gasteiger partial charge in [-0.15, -0.1) is 0 Å². The summed E-state index contributed by atoms with van der Waals surface area (Å²) in [6.45, 7) is -0.481. The topological polar surface area (TPSA) is 171 Å². The van der Waals surface area contributed by atoms with Gasteiger partial charge in [-0.25, -0.2) is 18.4 Å². The van der Waals surface area contributed by atoms with Gasteiger partial charge in [0, 0.05) is 100 Å². The SMILES string of the molecule is CN(C)C(=O)CC1CN(S(=O)(=O)/C=C/c2ccc(Cl)cc2O)CC(CC(=O)N(C)C)N1C(=O)c1cnc(-c2cc[n+]([O-])cc2)nc1. The number of hydrogen-bond donors (Lipinski definition) is 1. The number of pyridine rings is 1. The van der Waals surface area contributed by atoms with Crippen LogP contribution in [0.4, 0.5) is 0 Å². The summed E-state index contributed by atoms with van der Waals surface area (Å²) in [6.07, 6.45) is 5.97. The molecule has 3 amide bonds. The maximum absolute atomic E-state index is 14.1. The normalized spacial score (nSPS) is 17.2. The van der Waals surface area contributed by atoms with Gasteiger partial charge < -0.3 is 25.0 Å². The van der Waals surface area contributed by atoms with Crippen molar-refractivity contribution in [2.45, 2.75) is 24.9 Å². The van der Waals surface area contributed by atoms with Gasteiger partial charge in [-0.3, -0.25) is 14.4 Å². The molecule has 16 heteroatoms. The van der Waals surface area contributed by atoms with Crippen molar-refractivity contribution in [1.82, 2.24) is 29.0 Å². The Morgan fingerprint density at radius 3 is 2.04 bits per heavy atom. The molecule has 2 atom stereocenters. The molecule has 4 rings (SSSR count). The number of phenols is 1. The van der Waals surface area contributed by atoms with E-state index >= 15 is 0 Å². The summed E-state index contributed by atoms with van der Waals surface area (Å²) in [6, 6.07) is 5.38. The lowest BCUT2D eigenvalue weighted by Crippen LogP contribution is -2.62. The minimum absolute atomic E-state index is 0.0672. The van der Waals surface area contributed by atoms with Crippen LogP contribution in [0.3, 0.4) is 0 Å². The highest BCUT2D eigenvalue weighted by Gasteiger charge is 2.43. The molecule has 2 unspecified atom stereocenters. The molecule has 1 aromatic carbocycles. The minimum atomic E-state index is -4.17. The van der Waals surface area contributed by atoms with Crippen LogP contribution in [0.25, 0.3) is 17.5 Å². The summed E-state index contributed by atoms with van der Waals surface area (Å²) in [5.41, 5.74) is 0.832. The minimum Gasteiger partial charge on any atom is -0.619 e. The Labute approximate surface area is 271 Å². The zero-order valence-electron chi connectivity index (χ0n) is 25.6.